The highest BCUT2D eigenvalue weighted by Gasteiger charge is 2.17. The van der Waals surface area contributed by atoms with Gasteiger partial charge < -0.3 is 14.9 Å². The van der Waals surface area contributed by atoms with E-state index in [4.69, 9.17) is 14.9 Å². The smallest absolute Gasteiger partial charge is 0.161 e. The molecule has 0 amide bonds. The van der Waals surface area contributed by atoms with Crippen molar-refractivity contribution in [1.82, 2.24) is 9.78 Å². The van der Waals surface area contributed by atoms with E-state index in [1.54, 1.807) is 24.3 Å². The lowest BCUT2D eigenvalue weighted by atomic mass is 10.1. The van der Waals surface area contributed by atoms with Gasteiger partial charge in [-0.3, -0.25) is 4.68 Å². The van der Waals surface area contributed by atoms with Crippen LogP contribution in [0.5, 0.6) is 5.75 Å². The third-order valence-electron chi connectivity index (χ3n) is 2.80. The first kappa shape index (κ1) is 11.7. The Labute approximate surface area is 100 Å². The van der Waals surface area contributed by atoms with Crippen LogP contribution in [0, 0.1) is 0 Å². The Morgan fingerprint density at radius 3 is 3.06 bits per heavy atom. The third-order valence-corrected chi connectivity index (χ3v) is 2.80. The molecular weight excluding hydrogens is 218 g/mol. The number of rotatable bonds is 5. The molecular formula is C12H17N3O2. The second-order valence-corrected chi connectivity index (χ2v) is 3.95. The number of furan rings is 1. The van der Waals surface area contributed by atoms with Crippen LogP contribution in [0.3, 0.4) is 0 Å². The summed E-state index contributed by atoms with van der Waals surface area (Å²) in [4.78, 5) is 0. The molecule has 0 saturated carbocycles. The van der Waals surface area contributed by atoms with Crippen molar-refractivity contribution in [3.05, 3.63) is 36.0 Å². The molecule has 2 aromatic heterocycles. The second kappa shape index (κ2) is 5.05. The van der Waals surface area contributed by atoms with Gasteiger partial charge in [-0.15, -0.1) is 0 Å². The molecule has 0 fully saturated rings. The van der Waals surface area contributed by atoms with Crippen molar-refractivity contribution in [1.29, 1.82) is 0 Å². The van der Waals surface area contributed by atoms with Gasteiger partial charge in [-0.1, -0.05) is 0 Å². The molecule has 0 aliphatic heterocycles. The molecule has 0 aliphatic rings. The molecule has 17 heavy (non-hydrogen) atoms. The molecule has 0 radical (unpaired) electrons. The molecule has 0 spiro atoms. The standard InChI is InChI=1S/C12H17N3O2/c1-15-12(11(16-2)8-14-15)10(13)6-5-9-4-3-7-17-9/h3-4,7-8,10H,5-6,13H2,1-2H3. The number of hydrogen-bond donors (Lipinski definition) is 1. The molecule has 5 heteroatoms. The van der Waals surface area contributed by atoms with Gasteiger partial charge >= 0.3 is 0 Å². The maximum absolute atomic E-state index is 6.15. The minimum absolute atomic E-state index is 0.109. The van der Waals surface area contributed by atoms with Crippen molar-refractivity contribution in [3.63, 3.8) is 0 Å². The van der Waals surface area contributed by atoms with Crippen LogP contribution >= 0.6 is 0 Å². The molecule has 0 saturated heterocycles. The Bertz CT molecular complexity index is 462. The van der Waals surface area contributed by atoms with Crippen molar-refractivity contribution >= 4 is 0 Å². The first-order valence-electron chi connectivity index (χ1n) is 5.56. The molecule has 2 heterocycles. The third kappa shape index (κ3) is 2.50. The van der Waals surface area contributed by atoms with Crippen molar-refractivity contribution in [2.24, 2.45) is 12.8 Å². The van der Waals surface area contributed by atoms with Crippen LogP contribution in [0.1, 0.15) is 23.9 Å². The number of aromatic nitrogens is 2. The molecule has 92 valence electrons. The summed E-state index contributed by atoms with van der Waals surface area (Å²) >= 11 is 0. The lowest BCUT2D eigenvalue weighted by molar-refractivity contribution is 0.399. The first-order chi connectivity index (χ1) is 8.22. The normalized spacial score (nSPS) is 12.6. The van der Waals surface area contributed by atoms with Gasteiger partial charge in [-0.05, 0) is 18.6 Å². The van der Waals surface area contributed by atoms with E-state index in [0.717, 1.165) is 30.0 Å². The number of hydrogen-bond acceptors (Lipinski definition) is 4. The summed E-state index contributed by atoms with van der Waals surface area (Å²) in [6.07, 6.45) is 4.96. The van der Waals surface area contributed by atoms with Crippen LogP contribution in [-0.2, 0) is 13.5 Å². The summed E-state index contributed by atoms with van der Waals surface area (Å²) in [5.74, 6) is 1.68. The van der Waals surface area contributed by atoms with E-state index >= 15 is 0 Å². The molecule has 1 atom stereocenters. The topological polar surface area (TPSA) is 66.2 Å². The van der Waals surface area contributed by atoms with E-state index in [0.29, 0.717) is 0 Å². The Hall–Kier alpha value is -1.75. The number of aryl methyl sites for hydroxylation is 2. The van der Waals surface area contributed by atoms with Crippen molar-refractivity contribution in [2.45, 2.75) is 18.9 Å². The summed E-state index contributed by atoms with van der Waals surface area (Å²) in [6.45, 7) is 0. The predicted octanol–water partition coefficient (Wildman–Crippen LogP) is 1.65. The maximum Gasteiger partial charge on any atom is 0.161 e. The monoisotopic (exact) mass is 235 g/mol. The zero-order chi connectivity index (χ0) is 12.3. The second-order valence-electron chi connectivity index (χ2n) is 3.95. The minimum Gasteiger partial charge on any atom is -0.493 e. The highest BCUT2D eigenvalue weighted by molar-refractivity contribution is 5.27. The zero-order valence-corrected chi connectivity index (χ0v) is 10.1. The quantitative estimate of drug-likeness (QED) is 0.855. The molecule has 5 nitrogen and oxygen atoms in total. The lowest BCUT2D eigenvalue weighted by Crippen LogP contribution is -2.16. The van der Waals surface area contributed by atoms with Gasteiger partial charge in [-0.2, -0.15) is 5.10 Å². The molecule has 2 N–H and O–H groups in total. The van der Waals surface area contributed by atoms with Crippen molar-refractivity contribution in [2.75, 3.05) is 7.11 Å². The summed E-state index contributed by atoms with van der Waals surface area (Å²) in [5.41, 5.74) is 7.07. The largest absolute Gasteiger partial charge is 0.493 e. The number of methoxy groups -OCH3 is 1. The van der Waals surface area contributed by atoms with Crippen molar-refractivity contribution in [3.8, 4) is 5.75 Å². The van der Waals surface area contributed by atoms with Crippen LogP contribution < -0.4 is 10.5 Å². The van der Waals surface area contributed by atoms with Gasteiger partial charge in [0.2, 0.25) is 0 Å². The van der Waals surface area contributed by atoms with E-state index in [1.807, 2.05) is 19.2 Å². The van der Waals surface area contributed by atoms with E-state index in [9.17, 15) is 0 Å². The number of nitrogens with two attached hydrogens (primary N) is 1. The SMILES string of the molecule is COc1cnn(C)c1C(N)CCc1ccco1. The Balaban J connectivity index is 2.03. The summed E-state index contributed by atoms with van der Waals surface area (Å²) < 4.78 is 12.3. The average Bonchev–Trinajstić information content (AvgIpc) is 2.94. The zero-order valence-electron chi connectivity index (χ0n) is 10.1. The van der Waals surface area contributed by atoms with Crippen molar-refractivity contribution < 1.29 is 9.15 Å². The van der Waals surface area contributed by atoms with E-state index in [-0.39, 0.29) is 6.04 Å². The van der Waals surface area contributed by atoms with Crippen LogP contribution in [0.15, 0.2) is 29.0 Å². The Morgan fingerprint density at radius 2 is 2.41 bits per heavy atom. The van der Waals surface area contributed by atoms with E-state index < -0.39 is 0 Å². The average molecular weight is 235 g/mol. The van der Waals surface area contributed by atoms with Crippen LogP contribution in [0.2, 0.25) is 0 Å². The molecule has 0 bridgehead atoms. The van der Waals surface area contributed by atoms with Crippen LogP contribution in [-0.4, -0.2) is 16.9 Å². The fourth-order valence-corrected chi connectivity index (χ4v) is 1.90. The molecule has 2 aromatic rings. The molecule has 0 aliphatic carbocycles. The van der Waals surface area contributed by atoms with Crippen LogP contribution in [0.4, 0.5) is 0 Å². The van der Waals surface area contributed by atoms with E-state index in [2.05, 4.69) is 5.10 Å². The highest BCUT2D eigenvalue weighted by atomic mass is 16.5. The number of ether oxygens (including phenoxy) is 1. The first-order valence-corrected chi connectivity index (χ1v) is 5.56. The van der Waals surface area contributed by atoms with Gasteiger partial charge in [-0.25, -0.2) is 0 Å². The van der Waals surface area contributed by atoms with Crippen LogP contribution in [0.25, 0.3) is 0 Å². The fraction of sp³-hybridized carbons (Fsp3) is 0.417. The fourth-order valence-electron chi connectivity index (χ4n) is 1.90. The highest BCUT2D eigenvalue weighted by Crippen LogP contribution is 2.25. The number of nitrogens with zero attached hydrogens (tertiary/aromatic N) is 2. The molecule has 2 rings (SSSR count). The molecule has 1 unspecified atom stereocenters. The molecule has 0 aromatic carbocycles. The van der Waals surface area contributed by atoms with Gasteiger partial charge in [0.05, 0.1) is 31.3 Å². The summed E-state index contributed by atoms with van der Waals surface area (Å²) in [7, 11) is 3.49. The van der Waals surface area contributed by atoms with Gasteiger partial charge in [0.1, 0.15) is 5.76 Å². The van der Waals surface area contributed by atoms with Gasteiger partial charge in [0, 0.05) is 13.5 Å². The lowest BCUT2D eigenvalue weighted by Gasteiger charge is -2.13. The minimum atomic E-state index is -0.109. The summed E-state index contributed by atoms with van der Waals surface area (Å²) in [5, 5.41) is 4.14. The van der Waals surface area contributed by atoms with Gasteiger partial charge in [0.15, 0.2) is 5.75 Å². The Morgan fingerprint density at radius 1 is 1.59 bits per heavy atom. The Kier molecular flexibility index (Phi) is 3.49. The maximum atomic E-state index is 6.15. The predicted molar refractivity (Wildman–Crippen MR) is 63.7 cm³/mol. The summed E-state index contributed by atoms with van der Waals surface area (Å²) in [6, 6.07) is 3.72. The van der Waals surface area contributed by atoms with E-state index in [1.165, 1.54) is 0 Å². The van der Waals surface area contributed by atoms with Gasteiger partial charge in [0.25, 0.3) is 0 Å².